The number of amides is 1. The third-order valence-corrected chi connectivity index (χ3v) is 2.93. The van der Waals surface area contributed by atoms with E-state index in [9.17, 15) is 4.79 Å². The number of benzene rings is 2. The predicted molar refractivity (Wildman–Crippen MR) is 85.3 cm³/mol. The summed E-state index contributed by atoms with van der Waals surface area (Å²) in [6.45, 7) is 1.65. The number of nitrogens with zero attached hydrogens (tertiary/aromatic N) is 1. The summed E-state index contributed by atoms with van der Waals surface area (Å²) in [5.74, 6) is 0.757. The van der Waals surface area contributed by atoms with Crippen molar-refractivity contribution in [1.29, 1.82) is 0 Å². The van der Waals surface area contributed by atoms with Gasteiger partial charge in [0.05, 0.1) is 13.3 Å². The molecule has 2 aromatic carbocycles. The third-order valence-electron chi connectivity index (χ3n) is 2.93. The van der Waals surface area contributed by atoms with Gasteiger partial charge in [0.2, 0.25) is 0 Å². The van der Waals surface area contributed by atoms with Gasteiger partial charge in [-0.1, -0.05) is 42.5 Å². The van der Waals surface area contributed by atoms with E-state index in [1.807, 2.05) is 42.5 Å². The Bertz CT molecular complexity index is 641. The molecule has 0 bridgehead atoms. The number of hydrogen-bond acceptors (Lipinski definition) is 4. The highest BCUT2D eigenvalue weighted by Gasteiger charge is 2.15. The van der Waals surface area contributed by atoms with E-state index in [0.29, 0.717) is 11.5 Å². The summed E-state index contributed by atoms with van der Waals surface area (Å²) in [4.78, 5) is 11.9. The molecular formula is C17H18N2O3. The molecule has 5 heteroatoms. The zero-order chi connectivity index (χ0) is 15.8. The Labute approximate surface area is 129 Å². The second-order valence-electron chi connectivity index (χ2n) is 4.56. The topological polar surface area (TPSA) is 59.9 Å². The zero-order valence-electron chi connectivity index (χ0n) is 12.5. The molecule has 0 heterocycles. The van der Waals surface area contributed by atoms with Gasteiger partial charge >= 0.3 is 0 Å². The Kier molecular flexibility index (Phi) is 5.54. The largest absolute Gasteiger partial charge is 0.493 e. The molecule has 22 heavy (non-hydrogen) atoms. The van der Waals surface area contributed by atoms with Crippen LogP contribution in [0.2, 0.25) is 0 Å². The van der Waals surface area contributed by atoms with Crippen LogP contribution in [-0.2, 0) is 4.79 Å². The maximum Gasteiger partial charge on any atom is 0.280 e. The molecule has 0 saturated carbocycles. The molecule has 0 aliphatic carbocycles. The number of rotatable bonds is 6. The highest BCUT2D eigenvalue weighted by molar-refractivity contribution is 5.84. The second kappa shape index (κ2) is 7.83. The van der Waals surface area contributed by atoms with Crippen molar-refractivity contribution >= 4 is 12.1 Å². The summed E-state index contributed by atoms with van der Waals surface area (Å²) in [6, 6.07) is 16.7. The van der Waals surface area contributed by atoms with Crippen LogP contribution in [0, 0.1) is 0 Å². The van der Waals surface area contributed by atoms with Crippen LogP contribution in [0.4, 0.5) is 0 Å². The Morgan fingerprint density at radius 3 is 2.41 bits per heavy atom. The summed E-state index contributed by atoms with van der Waals surface area (Å²) in [6.07, 6.45) is 0.887. The van der Waals surface area contributed by atoms with Gasteiger partial charge in [-0.25, -0.2) is 5.43 Å². The van der Waals surface area contributed by atoms with Gasteiger partial charge in [-0.15, -0.1) is 0 Å². The molecule has 0 spiro atoms. The van der Waals surface area contributed by atoms with Crippen LogP contribution in [0.3, 0.4) is 0 Å². The quantitative estimate of drug-likeness (QED) is 0.659. The number of carbonyl (C=O) groups is 1. The molecule has 114 valence electrons. The lowest BCUT2D eigenvalue weighted by Crippen LogP contribution is -2.33. The average Bonchev–Trinajstić information content (AvgIpc) is 2.56. The molecule has 2 rings (SSSR count). The fourth-order valence-corrected chi connectivity index (χ4v) is 1.76. The van der Waals surface area contributed by atoms with Gasteiger partial charge in [0.25, 0.3) is 5.91 Å². The van der Waals surface area contributed by atoms with Crippen molar-refractivity contribution in [2.45, 2.75) is 13.0 Å². The smallest absolute Gasteiger partial charge is 0.280 e. The van der Waals surface area contributed by atoms with E-state index in [-0.39, 0.29) is 5.91 Å². The van der Waals surface area contributed by atoms with Crippen molar-refractivity contribution in [1.82, 2.24) is 5.43 Å². The predicted octanol–water partition coefficient (Wildman–Crippen LogP) is 2.61. The van der Waals surface area contributed by atoms with E-state index in [2.05, 4.69) is 10.5 Å². The van der Waals surface area contributed by atoms with Gasteiger partial charge in [-0.05, 0) is 24.6 Å². The van der Waals surface area contributed by atoms with Crippen molar-refractivity contribution in [3.63, 3.8) is 0 Å². The number of carbonyl (C=O) groups excluding carboxylic acids is 1. The monoisotopic (exact) mass is 298 g/mol. The van der Waals surface area contributed by atoms with Crippen molar-refractivity contribution in [3.8, 4) is 11.5 Å². The van der Waals surface area contributed by atoms with Gasteiger partial charge in [0.1, 0.15) is 0 Å². The molecule has 0 aliphatic heterocycles. The Morgan fingerprint density at radius 2 is 1.73 bits per heavy atom. The first-order chi connectivity index (χ1) is 10.7. The second-order valence-corrected chi connectivity index (χ2v) is 4.56. The van der Waals surface area contributed by atoms with Gasteiger partial charge in [-0.2, -0.15) is 5.10 Å². The zero-order valence-corrected chi connectivity index (χ0v) is 12.5. The van der Waals surface area contributed by atoms with E-state index in [1.54, 1.807) is 32.4 Å². The van der Waals surface area contributed by atoms with Crippen LogP contribution < -0.4 is 14.9 Å². The molecule has 0 aliphatic rings. The molecule has 0 fully saturated rings. The number of hydrazone groups is 1. The lowest BCUT2D eigenvalue weighted by Gasteiger charge is -2.15. The molecule has 1 N–H and O–H groups in total. The average molecular weight is 298 g/mol. The standard InChI is InChI=1S/C17H18N2O3/c1-13(22-16-11-7-6-10-15(16)21-2)17(20)19-18-12-14-8-4-3-5-9-14/h3-13H,1-2H3,(H,19,20)/b18-12-/t13-/m1/s1. The first-order valence-corrected chi connectivity index (χ1v) is 6.88. The van der Waals surface area contributed by atoms with Gasteiger partial charge < -0.3 is 9.47 Å². The molecule has 2 aromatic rings. The molecule has 0 unspecified atom stereocenters. The fraction of sp³-hybridized carbons (Fsp3) is 0.176. The molecule has 0 aromatic heterocycles. The third kappa shape index (κ3) is 4.34. The van der Waals surface area contributed by atoms with Crippen LogP contribution in [0.25, 0.3) is 0 Å². The van der Waals surface area contributed by atoms with Crippen LogP contribution in [0.5, 0.6) is 11.5 Å². The van der Waals surface area contributed by atoms with Crippen molar-refractivity contribution < 1.29 is 14.3 Å². The molecular weight excluding hydrogens is 280 g/mol. The van der Waals surface area contributed by atoms with E-state index in [1.165, 1.54) is 0 Å². The number of para-hydroxylation sites is 2. The van der Waals surface area contributed by atoms with E-state index in [4.69, 9.17) is 9.47 Å². The molecule has 1 amide bonds. The number of ether oxygens (including phenoxy) is 2. The molecule has 0 radical (unpaired) electrons. The van der Waals surface area contributed by atoms with Crippen LogP contribution >= 0.6 is 0 Å². The normalized spacial score (nSPS) is 11.9. The van der Waals surface area contributed by atoms with E-state index < -0.39 is 6.10 Å². The Hall–Kier alpha value is -2.82. The summed E-state index contributed by atoms with van der Waals surface area (Å²) < 4.78 is 10.8. The fourth-order valence-electron chi connectivity index (χ4n) is 1.76. The van der Waals surface area contributed by atoms with Crippen molar-refractivity contribution in [2.75, 3.05) is 7.11 Å². The van der Waals surface area contributed by atoms with Gasteiger partial charge in [0, 0.05) is 0 Å². The highest BCUT2D eigenvalue weighted by Crippen LogP contribution is 2.26. The summed E-state index contributed by atoms with van der Waals surface area (Å²) in [7, 11) is 1.55. The number of nitrogens with one attached hydrogen (secondary N) is 1. The molecule has 1 atom stereocenters. The van der Waals surface area contributed by atoms with Crippen molar-refractivity contribution in [2.24, 2.45) is 5.10 Å². The summed E-state index contributed by atoms with van der Waals surface area (Å²) in [5.41, 5.74) is 3.36. The van der Waals surface area contributed by atoms with Crippen LogP contribution in [0.15, 0.2) is 59.7 Å². The molecule has 0 saturated heterocycles. The first-order valence-electron chi connectivity index (χ1n) is 6.88. The van der Waals surface area contributed by atoms with E-state index >= 15 is 0 Å². The van der Waals surface area contributed by atoms with Crippen molar-refractivity contribution in [3.05, 3.63) is 60.2 Å². The highest BCUT2D eigenvalue weighted by atomic mass is 16.5. The minimum absolute atomic E-state index is 0.335. The van der Waals surface area contributed by atoms with Gasteiger partial charge in [-0.3, -0.25) is 4.79 Å². The Balaban J connectivity index is 1.91. The SMILES string of the molecule is COc1ccccc1O[C@H](C)C(=O)N/N=C\c1ccccc1. The van der Waals surface area contributed by atoms with Crippen LogP contribution in [-0.4, -0.2) is 25.3 Å². The van der Waals surface area contributed by atoms with E-state index in [0.717, 1.165) is 5.56 Å². The maximum absolute atomic E-state index is 11.9. The number of hydrogen-bond donors (Lipinski definition) is 1. The summed E-state index contributed by atoms with van der Waals surface area (Å²) in [5, 5.41) is 3.91. The number of methoxy groups -OCH3 is 1. The van der Waals surface area contributed by atoms with Crippen LogP contribution in [0.1, 0.15) is 12.5 Å². The minimum atomic E-state index is -0.691. The Morgan fingerprint density at radius 1 is 1.09 bits per heavy atom. The maximum atomic E-state index is 11.9. The van der Waals surface area contributed by atoms with Gasteiger partial charge in [0.15, 0.2) is 17.6 Å². The lowest BCUT2D eigenvalue weighted by molar-refractivity contribution is -0.127. The lowest BCUT2D eigenvalue weighted by atomic mass is 10.2. The minimum Gasteiger partial charge on any atom is -0.493 e. The summed E-state index contributed by atoms with van der Waals surface area (Å²) >= 11 is 0. The molecule has 5 nitrogen and oxygen atoms in total. The first kappa shape index (κ1) is 15.6.